The van der Waals surface area contributed by atoms with E-state index in [-0.39, 0.29) is 11.5 Å². The first-order valence-corrected chi connectivity index (χ1v) is 9.86. The molecule has 1 aromatic heterocycles. The largest absolute Gasteiger partial charge is 0.507 e. The second-order valence-electron chi connectivity index (χ2n) is 6.96. The molecule has 0 bridgehead atoms. The third-order valence-electron chi connectivity index (χ3n) is 4.85. The maximum atomic E-state index is 10.3. The topological polar surface area (TPSA) is 69.1 Å². The molecule has 0 amide bonds. The van der Waals surface area contributed by atoms with E-state index < -0.39 is 0 Å². The number of nitrogens with zero attached hydrogens (tertiary/aromatic N) is 1. The molecule has 4 heteroatoms. The van der Waals surface area contributed by atoms with Gasteiger partial charge in [0.05, 0.1) is 5.69 Å². The van der Waals surface area contributed by atoms with Crippen molar-refractivity contribution in [3.8, 4) is 34.0 Å². The summed E-state index contributed by atoms with van der Waals surface area (Å²) in [4.78, 5) is 8.15. The van der Waals surface area contributed by atoms with Crippen molar-refractivity contribution in [3.05, 3.63) is 54.4 Å². The van der Waals surface area contributed by atoms with Crippen LogP contribution >= 0.6 is 0 Å². The number of nitrogens with one attached hydrogen (secondary N) is 1. The van der Waals surface area contributed by atoms with Gasteiger partial charge in [-0.15, -0.1) is 0 Å². The van der Waals surface area contributed by atoms with E-state index in [0.717, 1.165) is 24.4 Å². The average Bonchev–Trinajstić information content (AvgIpc) is 3.09. The number of hydrogen-bond donors (Lipinski definition) is 3. The zero-order valence-corrected chi connectivity index (χ0v) is 15.9. The molecule has 0 fully saturated rings. The summed E-state index contributed by atoms with van der Waals surface area (Å²) >= 11 is 0. The zero-order chi connectivity index (χ0) is 19.1. The van der Waals surface area contributed by atoms with Gasteiger partial charge in [0, 0.05) is 17.5 Å². The number of unbranched alkanes of at least 4 members (excludes halogenated alkanes) is 5. The number of imidazole rings is 1. The van der Waals surface area contributed by atoms with Crippen LogP contribution < -0.4 is 0 Å². The van der Waals surface area contributed by atoms with Gasteiger partial charge in [-0.2, -0.15) is 0 Å². The molecule has 0 aliphatic heterocycles. The third-order valence-corrected chi connectivity index (χ3v) is 4.85. The van der Waals surface area contributed by atoms with E-state index in [9.17, 15) is 10.2 Å². The summed E-state index contributed by atoms with van der Waals surface area (Å²) in [6.07, 6.45) is 8.24. The lowest BCUT2D eigenvalue weighted by atomic mass is 10.0. The molecule has 3 N–H and O–H groups in total. The van der Waals surface area contributed by atoms with E-state index in [0.29, 0.717) is 16.8 Å². The standard InChI is InChI=1S/C23H28N2O2/c1-2-3-4-5-6-7-16-21-24-22(17-12-8-10-14-19(17)26)23(25-21)18-13-9-11-15-20(18)27/h8-15,26-27H,2-7,16H2,1H3,(H,24,25). The lowest BCUT2D eigenvalue weighted by Crippen LogP contribution is -1.89. The second kappa shape index (κ2) is 9.26. The van der Waals surface area contributed by atoms with Crippen LogP contribution in [0.2, 0.25) is 0 Å². The molecular formula is C23H28N2O2. The Morgan fingerprint density at radius 3 is 2.04 bits per heavy atom. The highest BCUT2D eigenvalue weighted by Gasteiger charge is 2.18. The number of phenols is 2. The fourth-order valence-electron chi connectivity index (χ4n) is 3.36. The van der Waals surface area contributed by atoms with E-state index in [2.05, 4.69) is 11.9 Å². The summed E-state index contributed by atoms with van der Waals surface area (Å²) in [5, 5.41) is 20.6. The Labute approximate surface area is 160 Å². The minimum absolute atomic E-state index is 0.187. The third kappa shape index (κ3) is 4.70. The van der Waals surface area contributed by atoms with Crippen LogP contribution in [-0.2, 0) is 6.42 Å². The zero-order valence-electron chi connectivity index (χ0n) is 15.9. The maximum absolute atomic E-state index is 10.3. The molecule has 1 heterocycles. The van der Waals surface area contributed by atoms with E-state index in [1.165, 1.54) is 32.1 Å². The molecule has 0 radical (unpaired) electrons. The summed E-state index contributed by atoms with van der Waals surface area (Å²) in [5.74, 6) is 1.28. The van der Waals surface area contributed by atoms with Crippen molar-refractivity contribution < 1.29 is 10.2 Å². The Kier molecular flexibility index (Phi) is 6.53. The number of rotatable bonds is 9. The van der Waals surface area contributed by atoms with E-state index in [1.54, 1.807) is 24.3 Å². The first kappa shape index (κ1) is 19.0. The summed E-state index contributed by atoms with van der Waals surface area (Å²) in [7, 11) is 0. The Morgan fingerprint density at radius 1 is 0.778 bits per heavy atom. The predicted octanol–water partition coefficient (Wildman–Crippen LogP) is 6.06. The Morgan fingerprint density at radius 2 is 1.37 bits per heavy atom. The van der Waals surface area contributed by atoms with E-state index in [1.807, 2.05) is 24.3 Å². The Hall–Kier alpha value is -2.75. The van der Waals surface area contributed by atoms with Gasteiger partial charge in [-0.3, -0.25) is 0 Å². The number of hydrogen-bond acceptors (Lipinski definition) is 3. The van der Waals surface area contributed by atoms with Crippen molar-refractivity contribution in [3.63, 3.8) is 0 Å². The predicted molar refractivity (Wildman–Crippen MR) is 110 cm³/mol. The molecule has 0 atom stereocenters. The Bertz CT molecular complexity index is 807. The van der Waals surface area contributed by atoms with Crippen molar-refractivity contribution in [1.29, 1.82) is 0 Å². The number of para-hydroxylation sites is 2. The summed E-state index contributed by atoms with van der Waals surface area (Å²) in [6, 6.07) is 14.4. The number of phenolic OH excluding ortho intramolecular Hbond substituents is 2. The van der Waals surface area contributed by atoms with Crippen LogP contribution in [0, 0.1) is 0 Å². The minimum atomic E-state index is 0.187. The molecule has 0 spiro atoms. The summed E-state index contributed by atoms with van der Waals surface area (Å²) in [6.45, 7) is 2.23. The average molecular weight is 364 g/mol. The summed E-state index contributed by atoms with van der Waals surface area (Å²) in [5.41, 5.74) is 2.78. The van der Waals surface area contributed by atoms with Gasteiger partial charge in [0.25, 0.3) is 0 Å². The van der Waals surface area contributed by atoms with Crippen LogP contribution in [0.5, 0.6) is 11.5 Å². The molecule has 3 aromatic rings. The van der Waals surface area contributed by atoms with Crippen molar-refractivity contribution in [2.75, 3.05) is 0 Å². The molecule has 0 unspecified atom stereocenters. The number of H-pyrrole nitrogens is 1. The lowest BCUT2D eigenvalue weighted by Gasteiger charge is -2.06. The van der Waals surface area contributed by atoms with Crippen LogP contribution in [0.25, 0.3) is 22.5 Å². The molecule has 27 heavy (non-hydrogen) atoms. The molecule has 2 aromatic carbocycles. The monoisotopic (exact) mass is 364 g/mol. The number of aromatic nitrogens is 2. The van der Waals surface area contributed by atoms with Gasteiger partial charge in [-0.05, 0) is 30.7 Å². The number of aromatic hydroxyl groups is 2. The van der Waals surface area contributed by atoms with Gasteiger partial charge in [0.2, 0.25) is 0 Å². The first-order valence-electron chi connectivity index (χ1n) is 9.86. The van der Waals surface area contributed by atoms with Crippen molar-refractivity contribution >= 4 is 0 Å². The van der Waals surface area contributed by atoms with Gasteiger partial charge in [-0.1, -0.05) is 63.3 Å². The van der Waals surface area contributed by atoms with Crippen LogP contribution in [0.3, 0.4) is 0 Å². The quantitative estimate of drug-likeness (QED) is 0.404. The molecule has 0 saturated heterocycles. The van der Waals surface area contributed by atoms with Crippen LogP contribution in [0.1, 0.15) is 51.3 Å². The lowest BCUT2D eigenvalue weighted by molar-refractivity contribution is 0.476. The normalized spacial score (nSPS) is 11.0. The molecular weight excluding hydrogens is 336 g/mol. The molecule has 4 nitrogen and oxygen atoms in total. The van der Waals surface area contributed by atoms with Gasteiger partial charge in [-0.25, -0.2) is 4.98 Å². The van der Waals surface area contributed by atoms with E-state index in [4.69, 9.17) is 4.98 Å². The van der Waals surface area contributed by atoms with Crippen molar-refractivity contribution in [2.45, 2.75) is 51.9 Å². The number of aromatic amines is 1. The smallest absolute Gasteiger partial charge is 0.125 e. The van der Waals surface area contributed by atoms with Crippen LogP contribution in [0.4, 0.5) is 0 Å². The van der Waals surface area contributed by atoms with Gasteiger partial charge >= 0.3 is 0 Å². The number of aryl methyl sites for hydroxylation is 1. The minimum Gasteiger partial charge on any atom is -0.507 e. The summed E-state index contributed by atoms with van der Waals surface area (Å²) < 4.78 is 0. The maximum Gasteiger partial charge on any atom is 0.125 e. The molecule has 0 saturated carbocycles. The SMILES string of the molecule is CCCCCCCCc1nc(-c2ccccc2O)c(-c2ccccc2O)[nH]1. The van der Waals surface area contributed by atoms with E-state index >= 15 is 0 Å². The van der Waals surface area contributed by atoms with Crippen LogP contribution in [-0.4, -0.2) is 20.2 Å². The molecule has 142 valence electrons. The fraction of sp³-hybridized carbons (Fsp3) is 0.348. The molecule has 3 rings (SSSR count). The first-order chi connectivity index (χ1) is 13.2. The number of benzene rings is 2. The molecule has 0 aliphatic rings. The highest BCUT2D eigenvalue weighted by molar-refractivity contribution is 5.83. The van der Waals surface area contributed by atoms with Gasteiger partial charge in [0.15, 0.2) is 0 Å². The van der Waals surface area contributed by atoms with Crippen molar-refractivity contribution in [1.82, 2.24) is 9.97 Å². The van der Waals surface area contributed by atoms with Gasteiger partial charge < -0.3 is 15.2 Å². The molecule has 0 aliphatic carbocycles. The highest BCUT2D eigenvalue weighted by atomic mass is 16.3. The van der Waals surface area contributed by atoms with Gasteiger partial charge in [0.1, 0.15) is 23.0 Å². The van der Waals surface area contributed by atoms with Crippen molar-refractivity contribution in [2.24, 2.45) is 0 Å². The Balaban J connectivity index is 1.86. The second-order valence-corrected chi connectivity index (χ2v) is 6.96. The van der Waals surface area contributed by atoms with Crippen LogP contribution in [0.15, 0.2) is 48.5 Å². The highest BCUT2D eigenvalue weighted by Crippen LogP contribution is 2.38. The fourth-order valence-corrected chi connectivity index (χ4v) is 3.36.